The molecule has 2 heterocycles. The number of rotatable bonds is 22. The number of ether oxygens (including phenoxy) is 2. The first kappa shape index (κ1) is 50.3. The molecule has 0 aromatic carbocycles. The van der Waals surface area contributed by atoms with Gasteiger partial charge in [-0.05, 0) is 107 Å². The summed E-state index contributed by atoms with van der Waals surface area (Å²) >= 11 is 0. The second-order valence-electron chi connectivity index (χ2n) is 16.1. The molecule has 334 valence electrons. The van der Waals surface area contributed by atoms with E-state index in [1.807, 2.05) is 13.8 Å². The lowest BCUT2D eigenvalue weighted by Crippen LogP contribution is -2.58. The topological polar surface area (TPSA) is 246 Å². The van der Waals surface area contributed by atoms with Gasteiger partial charge in [0.2, 0.25) is 23.6 Å². The number of nitrogens with one attached hydrogen (secondary N) is 4. The van der Waals surface area contributed by atoms with E-state index in [0.717, 1.165) is 0 Å². The quantitative estimate of drug-likeness (QED) is 0.0780. The van der Waals surface area contributed by atoms with Gasteiger partial charge in [0.25, 0.3) is 0 Å². The molecule has 0 aromatic rings. The van der Waals surface area contributed by atoms with Gasteiger partial charge in [-0.25, -0.2) is 9.59 Å². The first-order valence-corrected chi connectivity index (χ1v) is 21.8. The summed E-state index contributed by atoms with van der Waals surface area (Å²) in [6.07, 6.45) is 2.17. The summed E-state index contributed by atoms with van der Waals surface area (Å²) in [5.74, 6) is -3.01. The Bertz CT molecular complexity index is 1400. The van der Waals surface area contributed by atoms with E-state index >= 15 is 0 Å². The van der Waals surface area contributed by atoms with Gasteiger partial charge in [-0.3, -0.25) is 41.4 Å². The molecule has 6 N–H and O–H groups in total. The number of hydrogen-bond donors (Lipinski definition) is 5. The Kier molecular flexibility index (Phi) is 20.5. The number of carbonyl (C=O) groups excluding carboxylic acids is 7. The zero-order valence-corrected chi connectivity index (χ0v) is 36.7. The Morgan fingerprint density at radius 3 is 1.88 bits per heavy atom. The average molecular weight is 848 g/mol. The minimum Gasteiger partial charge on any atom is -0.460 e. The van der Waals surface area contributed by atoms with Gasteiger partial charge in [-0.1, -0.05) is 0 Å². The van der Waals surface area contributed by atoms with E-state index in [2.05, 4.69) is 21.3 Å². The standard InChI is InChI=1S/C38H69N7O12S/c1-10-54-58(53-9,55-11-2)24-16-21-41-35(51)40-20-13-12-17-26(31(39)47)42-32(48)27(25-30(46)56-37(3,4)5)43-33(49)28-18-14-22-44(28)34(50)29-19-15-23-45(29)36(52)57-38(6,7)8/h26-29H,10-25H2,1-9H3,(H2,39,47)(H,42,48)(H,43,49)(H2,40,41,51)/t26-,27-,28+,29-/m0/s1. The SMILES string of the molecule is CCOS(CCCNC(=O)NCCCC[C@H](NC(=O)[C@H](CC(=O)OC(C)(C)C)NC(=O)[C@H]1CCCN1C(=O)[C@@H]1CCCN1C(=O)OC(C)(C)C)C(N)=O)(OC)OCC. The van der Waals surface area contributed by atoms with Crippen LogP contribution in [0.4, 0.5) is 9.59 Å². The highest BCUT2D eigenvalue weighted by atomic mass is 32.3. The van der Waals surface area contributed by atoms with E-state index in [1.54, 1.807) is 41.5 Å². The van der Waals surface area contributed by atoms with Crippen LogP contribution in [0.2, 0.25) is 0 Å². The molecule has 2 rings (SSSR count). The van der Waals surface area contributed by atoms with Crippen LogP contribution in [0.25, 0.3) is 0 Å². The van der Waals surface area contributed by atoms with Gasteiger partial charge < -0.3 is 41.4 Å². The van der Waals surface area contributed by atoms with Crippen molar-refractivity contribution in [2.45, 2.75) is 149 Å². The van der Waals surface area contributed by atoms with Gasteiger partial charge in [-0.15, -0.1) is 0 Å². The second kappa shape index (κ2) is 23.6. The second-order valence-corrected chi connectivity index (χ2v) is 18.4. The van der Waals surface area contributed by atoms with E-state index in [4.69, 9.17) is 27.8 Å². The van der Waals surface area contributed by atoms with Gasteiger partial charge >= 0.3 is 18.1 Å². The molecule has 0 unspecified atom stereocenters. The van der Waals surface area contributed by atoms with Crippen molar-refractivity contribution in [2.75, 3.05) is 52.3 Å². The number of amides is 7. The number of unbranched alkanes of at least 4 members (excludes halogenated alkanes) is 1. The van der Waals surface area contributed by atoms with Crippen LogP contribution < -0.4 is 27.0 Å². The van der Waals surface area contributed by atoms with E-state index in [-0.39, 0.29) is 25.5 Å². The fraction of sp³-hybridized carbons (Fsp3) is 0.816. The maximum absolute atomic E-state index is 13.8. The van der Waals surface area contributed by atoms with Crippen LogP contribution in [0.5, 0.6) is 0 Å². The van der Waals surface area contributed by atoms with Crippen molar-refractivity contribution >= 4 is 52.6 Å². The van der Waals surface area contributed by atoms with Crippen molar-refractivity contribution in [1.29, 1.82) is 0 Å². The lowest BCUT2D eigenvalue weighted by atomic mass is 10.1. The number of nitrogens with two attached hydrogens (primary N) is 1. The smallest absolute Gasteiger partial charge is 0.410 e. The lowest BCUT2D eigenvalue weighted by Gasteiger charge is -2.35. The Morgan fingerprint density at radius 2 is 1.33 bits per heavy atom. The summed E-state index contributed by atoms with van der Waals surface area (Å²) < 4.78 is 27.8. The maximum Gasteiger partial charge on any atom is 0.410 e. The minimum atomic E-state index is -2.14. The summed E-state index contributed by atoms with van der Waals surface area (Å²) in [5, 5.41) is 10.7. The molecule has 0 radical (unpaired) electrons. The van der Waals surface area contributed by atoms with Crippen molar-refractivity contribution < 1.29 is 55.6 Å². The third kappa shape index (κ3) is 17.1. The van der Waals surface area contributed by atoms with Crippen LogP contribution in [-0.4, -0.2) is 139 Å². The molecule has 58 heavy (non-hydrogen) atoms. The first-order chi connectivity index (χ1) is 27.2. The fourth-order valence-corrected chi connectivity index (χ4v) is 8.40. The Morgan fingerprint density at radius 1 is 0.759 bits per heavy atom. The van der Waals surface area contributed by atoms with Gasteiger partial charge in [0.1, 0.15) is 35.4 Å². The summed E-state index contributed by atoms with van der Waals surface area (Å²) in [6, 6.07) is -4.76. The van der Waals surface area contributed by atoms with Gasteiger partial charge in [0.05, 0.1) is 37.6 Å². The summed E-state index contributed by atoms with van der Waals surface area (Å²) in [7, 11) is -0.604. The molecule has 2 saturated heterocycles. The molecule has 0 aromatic heterocycles. The predicted molar refractivity (Wildman–Crippen MR) is 217 cm³/mol. The molecule has 2 aliphatic heterocycles. The Labute approximate surface area is 345 Å². The van der Waals surface area contributed by atoms with E-state index in [1.165, 1.54) is 16.9 Å². The average Bonchev–Trinajstić information content (AvgIpc) is 3.82. The van der Waals surface area contributed by atoms with Crippen LogP contribution in [0.15, 0.2) is 0 Å². The molecule has 20 heteroatoms. The molecule has 7 amide bonds. The molecule has 19 nitrogen and oxygen atoms in total. The van der Waals surface area contributed by atoms with Gasteiger partial charge in [-0.2, -0.15) is 0 Å². The molecule has 0 spiro atoms. The number of hydrogen-bond acceptors (Lipinski definition) is 12. The van der Waals surface area contributed by atoms with Crippen molar-refractivity contribution in [3.05, 3.63) is 0 Å². The first-order valence-electron chi connectivity index (χ1n) is 20.2. The van der Waals surface area contributed by atoms with E-state index in [9.17, 15) is 33.6 Å². The van der Waals surface area contributed by atoms with Crippen LogP contribution in [0, 0.1) is 0 Å². The van der Waals surface area contributed by atoms with E-state index < -0.39 is 88.4 Å². The van der Waals surface area contributed by atoms with Gasteiger partial charge in [0.15, 0.2) is 0 Å². The molecule has 4 atom stereocenters. The number of nitrogens with zero attached hydrogens (tertiary/aromatic N) is 2. The fourth-order valence-electron chi connectivity index (χ4n) is 6.52. The summed E-state index contributed by atoms with van der Waals surface area (Å²) in [4.78, 5) is 94.6. The zero-order valence-electron chi connectivity index (χ0n) is 35.9. The molecule has 2 fully saturated rings. The number of urea groups is 1. The molecule has 0 aliphatic carbocycles. The third-order valence-corrected chi connectivity index (χ3v) is 11.5. The van der Waals surface area contributed by atoms with Crippen LogP contribution in [0.3, 0.4) is 0 Å². The Hall–Kier alpha value is -3.88. The van der Waals surface area contributed by atoms with Crippen LogP contribution in [0.1, 0.15) is 113 Å². The van der Waals surface area contributed by atoms with Crippen molar-refractivity contribution in [3.8, 4) is 0 Å². The summed E-state index contributed by atoms with van der Waals surface area (Å²) in [5.41, 5.74) is 3.99. The lowest BCUT2D eigenvalue weighted by molar-refractivity contribution is -0.157. The molecule has 0 bridgehead atoms. The molecule has 2 aliphatic rings. The Balaban J connectivity index is 2.01. The number of carbonyl (C=O) groups is 7. The van der Waals surface area contributed by atoms with E-state index in [0.29, 0.717) is 77.0 Å². The van der Waals surface area contributed by atoms with Crippen molar-refractivity contribution in [1.82, 2.24) is 31.1 Å². The summed E-state index contributed by atoms with van der Waals surface area (Å²) in [6.45, 7) is 16.0. The van der Waals surface area contributed by atoms with Crippen molar-refractivity contribution in [3.63, 3.8) is 0 Å². The molecular formula is C38H69N7O12S. The number of likely N-dealkylation sites (tertiary alicyclic amines) is 2. The highest BCUT2D eigenvalue weighted by Crippen LogP contribution is 2.51. The number of esters is 1. The highest BCUT2D eigenvalue weighted by Gasteiger charge is 2.44. The predicted octanol–water partition coefficient (Wildman–Crippen LogP) is 2.69. The third-order valence-electron chi connectivity index (χ3n) is 9.00. The van der Waals surface area contributed by atoms with Crippen LogP contribution in [-0.2, 0) is 46.0 Å². The normalized spacial score (nSPS) is 18.5. The zero-order chi connectivity index (χ0) is 43.7. The maximum atomic E-state index is 13.8. The monoisotopic (exact) mass is 847 g/mol. The molecular weight excluding hydrogens is 779 g/mol. The highest BCUT2D eigenvalue weighted by molar-refractivity contribution is 8.21. The number of primary amides is 1. The van der Waals surface area contributed by atoms with Gasteiger partial charge in [0, 0.05) is 31.9 Å². The van der Waals surface area contributed by atoms with Crippen LogP contribution >= 0.6 is 10.9 Å². The van der Waals surface area contributed by atoms with Crippen molar-refractivity contribution in [2.24, 2.45) is 5.73 Å². The molecule has 0 saturated carbocycles. The largest absolute Gasteiger partial charge is 0.460 e. The minimum absolute atomic E-state index is 0.120.